The Kier molecular flexibility index (Phi) is 6.38. The summed E-state index contributed by atoms with van der Waals surface area (Å²) in [4.78, 5) is 16.0. The molecule has 0 saturated carbocycles. The SMILES string of the molecule is CCN(CC(=O)N(C)CCC(N)=S)c1ccc(F)cc1. The zero-order valence-electron chi connectivity index (χ0n) is 11.8. The molecule has 0 bridgehead atoms. The molecule has 0 unspecified atom stereocenters. The number of nitrogens with two attached hydrogens (primary N) is 1. The smallest absolute Gasteiger partial charge is 0.241 e. The van der Waals surface area contributed by atoms with Crippen LogP contribution in [0.25, 0.3) is 0 Å². The molecule has 0 radical (unpaired) electrons. The molecule has 4 nitrogen and oxygen atoms in total. The fourth-order valence-corrected chi connectivity index (χ4v) is 1.82. The average molecular weight is 297 g/mol. The molecule has 0 atom stereocenters. The van der Waals surface area contributed by atoms with E-state index in [9.17, 15) is 9.18 Å². The van der Waals surface area contributed by atoms with Crippen molar-refractivity contribution in [3.8, 4) is 0 Å². The van der Waals surface area contributed by atoms with Gasteiger partial charge in [0.15, 0.2) is 0 Å². The summed E-state index contributed by atoms with van der Waals surface area (Å²) in [5.41, 5.74) is 6.25. The van der Waals surface area contributed by atoms with Gasteiger partial charge in [0.05, 0.1) is 11.5 Å². The minimum atomic E-state index is -0.287. The van der Waals surface area contributed by atoms with Gasteiger partial charge in [-0.05, 0) is 31.2 Å². The van der Waals surface area contributed by atoms with Crippen molar-refractivity contribution in [3.63, 3.8) is 0 Å². The summed E-state index contributed by atoms with van der Waals surface area (Å²) in [6.45, 7) is 3.37. The summed E-state index contributed by atoms with van der Waals surface area (Å²) in [6.07, 6.45) is 0.514. The van der Waals surface area contributed by atoms with Gasteiger partial charge in [-0.25, -0.2) is 4.39 Å². The molecular weight excluding hydrogens is 277 g/mol. The monoisotopic (exact) mass is 297 g/mol. The lowest BCUT2D eigenvalue weighted by atomic mass is 10.2. The fraction of sp³-hybridized carbons (Fsp3) is 0.429. The van der Waals surface area contributed by atoms with Crippen LogP contribution in [0, 0.1) is 5.82 Å². The summed E-state index contributed by atoms with van der Waals surface area (Å²) in [7, 11) is 1.72. The molecule has 1 amide bonds. The van der Waals surface area contributed by atoms with Crippen molar-refractivity contribution in [1.82, 2.24) is 4.90 Å². The number of rotatable bonds is 7. The van der Waals surface area contributed by atoms with Crippen LogP contribution in [0.3, 0.4) is 0 Å². The van der Waals surface area contributed by atoms with Crippen molar-refractivity contribution >= 4 is 28.8 Å². The number of hydrogen-bond donors (Lipinski definition) is 1. The predicted octanol–water partition coefficient (Wildman–Crippen LogP) is 1.79. The van der Waals surface area contributed by atoms with Gasteiger partial charge in [0.2, 0.25) is 5.91 Å². The van der Waals surface area contributed by atoms with Gasteiger partial charge >= 0.3 is 0 Å². The summed E-state index contributed by atoms with van der Waals surface area (Å²) >= 11 is 4.79. The zero-order chi connectivity index (χ0) is 15.1. The first-order valence-corrected chi connectivity index (χ1v) is 6.87. The van der Waals surface area contributed by atoms with Gasteiger partial charge in [-0.2, -0.15) is 0 Å². The van der Waals surface area contributed by atoms with Crippen molar-refractivity contribution in [2.75, 3.05) is 31.6 Å². The molecule has 0 aromatic heterocycles. The van der Waals surface area contributed by atoms with Crippen molar-refractivity contribution in [3.05, 3.63) is 30.1 Å². The first kappa shape index (κ1) is 16.4. The lowest BCUT2D eigenvalue weighted by molar-refractivity contribution is -0.128. The Morgan fingerprint density at radius 2 is 1.95 bits per heavy atom. The average Bonchev–Trinajstić information content (AvgIpc) is 2.42. The minimum absolute atomic E-state index is 0.0209. The topological polar surface area (TPSA) is 49.6 Å². The second-order valence-electron chi connectivity index (χ2n) is 4.52. The van der Waals surface area contributed by atoms with Crippen LogP contribution in [-0.2, 0) is 4.79 Å². The van der Waals surface area contributed by atoms with Gasteiger partial charge in [0, 0.05) is 32.2 Å². The Morgan fingerprint density at radius 1 is 1.35 bits per heavy atom. The number of hydrogen-bond acceptors (Lipinski definition) is 3. The van der Waals surface area contributed by atoms with Crippen molar-refractivity contribution in [1.29, 1.82) is 0 Å². The van der Waals surface area contributed by atoms with Crippen LogP contribution >= 0.6 is 12.2 Å². The van der Waals surface area contributed by atoms with E-state index in [1.54, 1.807) is 24.1 Å². The molecule has 1 aromatic carbocycles. The Morgan fingerprint density at radius 3 is 2.45 bits per heavy atom. The van der Waals surface area contributed by atoms with Crippen molar-refractivity contribution in [2.24, 2.45) is 5.73 Å². The lowest BCUT2D eigenvalue weighted by Gasteiger charge is -2.25. The van der Waals surface area contributed by atoms with Crippen LogP contribution in [0.1, 0.15) is 13.3 Å². The van der Waals surface area contributed by atoms with Crippen molar-refractivity contribution in [2.45, 2.75) is 13.3 Å². The highest BCUT2D eigenvalue weighted by Crippen LogP contribution is 2.14. The van der Waals surface area contributed by atoms with Gasteiger partial charge in [0.1, 0.15) is 5.82 Å². The molecule has 0 fully saturated rings. The fourth-order valence-electron chi connectivity index (χ4n) is 1.72. The van der Waals surface area contributed by atoms with Crippen molar-refractivity contribution < 1.29 is 9.18 Å². The third-order valence-corrected chi connectivity index (χ3v) is 3.22. The number of carbonyl (C=O) groups is 1. The van der Waals surface area contributed by atoms with Gasteiger partial charge in [0.25, 0.3) is 0 Å². The van der Waals surface area contributed by atoms with E-state index in [4.69, 9.17) is 18.0 Å². The van der Waals surface area contributed by atoms with Crippen LogP contribution < -0.4 is 10.6 Å². The quantitative estimate of drug-likeness (QED) is 0.780. The van der Waals surface area contributed by atoms with E-state index in [1.807, 2.05) is 11.8 Å². The second kappa shape index (κ2) is 7.79. The van der Waals surface area contributed by atoms with Crippen LogP contribution in [0.2, 0.25) is 0 Å². The minimum Gasteiger partial charge on any atom is -0.393 e. The maximum Gasteiger partial charge on any atom is 0.241 e. The number of halogens is 1. The molecule has 1 rings (SSSR count). The largest absolute Gasteiger partial charge is 0.393 e. The second-order valence-corrected chi connectivity index (χ2v) is 5.05. The van der Waals surface area contributed by atoms with E-state index in [0.29, 0.717) is 24.5 Å². The first-order valence-electron chi connectivity index (χ1n) is 6.46. The molecule has 0 aliphatic heterocycles. The first-order chi connectivity index (χ1) is 9.43. The molecule has 0 spiro atoms. The summed E-state index contributed by atoms with van der Waals surface area (Å²) in [5, 5.41) is 0. The number of carbonyl (C=O) groups excluding carboxylic acids is 1. The van der Waals surface area contributed by atoms with Crippen LogP contribution in [0.15, 0.2) is 24.3 Å². The maximum atomic E-state index is 12.9. The molecule has 110 valence electrons. The number of benzene rings is 1. The summed E-state index contributed by atoms with van der Waals surface area (Å²) in [6, 6.07) is 6.11. The molecule has 0 heterocycles. The number of nitrogens with zero attached hydrogens (tertiary/aromatic N) is 2. The van der Waals surface area contributed by atoms with E-state index in [2.05, 4.69) is 0 Å². The van der Waals surface area contributed by atoms with E-state index in [-0.39, 0.29) is 18.3 Å². The normalized spacial score (nSPS) is 10.2. The maximum absolute atomic E-state index is 12.9. The predicted molar refractivity (Wildman–Crippen MR) is 83.3 cm³/mol. The molecule has 20 heavy (non-hydrogen) atoms. The molecule has 2 N–H and O–H groups in total. The molecule has 0 saturated heterocycles. The van der Waals surface area contributed by atoms with Crippen LogP contribution in [0.4, 0.5) is 10.1 Å². The van der Waals surface area contributed by atoms with Gasteiger partial charge in [-0.3, -0.25) is 4.79 Å². The molecule has 0 aliphatic carbocycles. The van der Waals surface area contributed by atoms with E-state index >= 15 is 0 Å². The number of likely N-dealkylation sites (N-methyl/N-ethyl adjacent to an activating group) is 2. The summed E-state index contributed by atoms with van der Waals surface area (Å²) < 4.78 is 12.9. The van der Waals surface area contributed by atoms with Gasteiger partial charge < -0.3 is 15.5 Å². The zero-order valence-corrected chi connectivity index (χ0v) is 12.6. The molecule has 1 aromatic rings. The third kappa shape index (κ3) is 5.13. The Labute approximate surface area is 124 Å². The van der Waals surface area contributed by atoms with Gasteiger partial charge in [-0.1, -0.05) is 12.2 Å². The summed E-state index contributed by atoms with van der Waals surface area (Å²) in [5.74, 6) is -0.308. The van der Waals surface area contributed by atoms with E-state index < -0.39 is 0 Å². The Hall–Kier alpha value is -1.69. The standard InChI is InChI=1S/C14H20FN3OS/c1-3-18(12-6-4-11(15)5-7-12)10-14(19)17(2)9-8-13(16)20/h4-7H,3,8-10H2,1-2H3,(H2,16,20). The molecular formula is C14H20FN3OS. The Bertz CT molecular complexity index is 464. The molecule has 6 heteroatoms. The van der Waals surface area contributed by atoms with E-state index in [0.717, 1.165) is 5.69 Å². The highest BCUT2D eigenvalue weighted by Gasteiger charge is 2.14. The number of amides is 1. The molecule has 0 aliphatic rings. The highest BCUT2D eigenvalue weighted by atomic mass is 32.1. The van der Waals surface area contributed by atoms with Crippen LogP contribution in [-0.4, -0.2) is 42.5 Å². The third-order valence-electron chi connectivity index (χ3n) is 3.02. The lowest BCUT2D eigenvalue weighted by Crippen LogP contribution is -2.39. The number of anilines is 1. The Balaban J connectivity index is 2.61. The van der Waals surface area contributed by atoms with E-state index in [1.165, 1.54) is 12.1 Å². The number of thiocarbonyl (C=S) groups is 1. The van der Waals surface area contributed by atoms with Gasteiger partial charge in [-0.15, -0.1) is 0 Å². The van der Waals surface area contributed by atoms with Crippen LogP contribution in [0.5, 0.6) is 0 Å². The highest BCUT2D eigenvalue weighted by molar-refractivity contribution is 7.80.